The highest BCUT2D eigenvalue weighted by Crippen LogP contribution is 2.25. The van der Waals surface area contributed by atoms with Crippen LogP contribution in [0.15, 0.2) is 0 Å². The molecule has 1 aromatic rings. The van der Waals surface area contributed by atoms with E-state index < -0.39 is 0 Å². The van der Waals surface area contributed by atoms with Crippen LogP contribution >= 0.6 is 0 Å². The molecule has 0 bridgehead atoms. The summed E-state index contributed by atoms with van der Waals surface area (Å²) in [5.41, 5.74) is 0.376. The third kappa shape index (κ3) is 4.49. The van der Waals surface area contributed by atoms with Crippen LogP contribution in [0.2, 0.25) is 0 Å². The Hall–Kier alpha value is -1.10. The van der Waals surface area contributed by atoms with Gasteiger partial charge in [0.25, 0.3) is 0 Å². The normalized spacial score (nSPS) is 18.6. The highest BCUT2D eigenvalue weighted by molar-refractivity contribution is 5.29. The van der Waals surface area contributed by atoms with Gasteiger partial charge < -0.3 is 10.2 Å². The number of piperazine rings is 1. The molecule has 1 fully saturated rings. The quantitative estimate of drug-likeness (QED) is 0.872. The Kier molecular flexibility index (Phi) is 4.45. The van der Waals surface area contributed by atoms with Crippen molar-refractivity contribution in [2.45, 2.75) is 40.5 Å². The fourth-order valence-corrected chi connectivity index (χ4v) is 2.83. The molecule has 108 valence electrons. The average molecular weight is 265 g/mol. The van der Waals surface area contributed by atoms with Gasteiger partial charge in [0.05, 0.1) is 0 Å². The van der Waals surface area contributed by atoms with E-state index in [1.807, 2.05) is 0 Å². The molecule has 2 heterocycles. The lowest BCUT2D eigenvalue weighted by atomic mass is 9.84. The molecule has 2 N–H and O–H groups in total. The number of aromatic nitrogens is 3. The van der Waals surface area contributed by atoms with Crippen molar-refractivity contribution in [3.05, 3.63) is 5.82 Å². The molecule has 0 amide bonds. The van der Waals surface area contributed by atoms with Gasteiger partial charge in [-0.2, -0.15) is 4.98 Å². The Morgan fingerprint density at radius 2 is 1.95 bits per heavy atom. The van der Waals surface area contributed by atoms with Gasteiger partial charge in [-0.3, -0.25) is 5.10 Å². The summed E-state index contributed by atoms with van der Waals surface area (Å²) in [6.45, 7) is 13.2. The number of hydrogen-bond acceptors (Lipinski definition) is 4. The fraction of sp³-hybridized carbons (Fsp3) is 0.857. The number of anilines is 1. The van der Waals surface area contributed by atoms with Crippen molar-refractivity contribution in [3.8, 4) is 0 Å². The van der Waals surface area contributed by atoms with Gasteiger partial charge in [0.15, 0.2) is 0 Å². The van der Waals surface area contributed by atoms with Crippen LogP contribution in [0.1, 0.15) is 39.9 Å². The maximum Gasteiger partial charge on any atom is 0.244 e. The predicted molar refractivity (Wildman–Crippen MR) is 78.4 cm³/mol. The second-order valence-electron chi connectivity index (χ2n) is 6.89. The summed E-state index contributed by atoms with van der Waals surface area (Å²) < 4.78 is 0. The molecule has 0 saturated carbocycles. The van der Waals surface area contributed by atoms with Crippen molar-refractivity contribution in [1.82, 2.24) is 20.5 Å². The average Bonchev–Trinajstić information content (AvgIpc) is 2.76. The van der Waals surface area contributed by atoms with E-state index in [1.54, 1.807) is 0 Å². The van der Waals surface area contributed by atoms with E-state index in [2.05, 4.69) is 53.1 Å². The fourth-order valence-electron chi connectivity index (χ4n) is 2.83. The van der Waals surface area contributed by atoms with E-state index in [0.717, 1.165) is 44.4 Å². The summed E-state index contributed by atoms with van der Waals surface area (Å²) in [4.78, 5) is 6.88. The Balaban J connectivity index is 1.89. The highest BCUT2D eigenvalue weighted by atomic mass is 15.4. The SMILES string of the molecule is CC(Cc1nc(N2CCNCC2)n[nH]1)CC(C)(C)C. The van der Waals surface area contributed by atoms with Gasteiger partial charge in [0.1, 0.15) is 5.82 Å². The Labute approximate surface area is 116 Å². The molecule has 19 heavy (non-hydrogen) atoms. The van der Waals surface area contributed by atoms with E-state index in [0.29, 0.717) is 11.3 Å². The van der Waals surface area contributed by atoms with Crippen molar-refractivity contribution in [2.75, 3.05) is 31.1 Å². The standard InChI is InChI=1S/C14H27N5/c1-11(10-14(2,3)4)9-12-16-13(18-17-12)19-7-5-15-6-8-19/h11,15H,5-10H2,1-4H3,(H,16,17,18). The molecule has 0 aliphatic carbocycles. The van der Waals surface area contributed by atoms with Gasteiger partial charge >= 0.3 is 0 Å². The largest absolute Gasteiger partial charge is 0.337 e. The smallest absolute Gasteiger partial charge is 0.244 e. The predicted octanol–water partition coefficient (Wildman–Crippen LogP) is 1.83. The van der Waals surface area contributed by atoms with Crippen LogP contribution in [0, 0.1) is 11.3 Å². The first-order valence-electron chi connectivity index (χ1n) is 7.31. The molecule has 1 unspecified atom stereocenters. The molecule has 5 nitrogen and oxygen atoms in total. The summed E-state index contributed by atoms with van der Waals surface area (Å²) in [6, 6.07) is 0. The van der Waals surface area contributed by atoms with Gasteiger partial charge in [0, 0.05) is 32.6 Å². The molecule has 2 rings (SSSR count). The number of H-pyrrole nitrogens is 1. The molecule has 1 atom stereocenters. The van der Waals surface area contributed by atoms with Crippen LogP contribution in [-0.4, -0.2) is 41.4 Å². The van der Waals surface area contributed by atoms with Crippen molar-refractivity contribution < 1.29 is 0 Å². The number of nitrogens with zero attached hydrogens (tertiary/aromatic N) is 3. The maximum absolute atomic E-state index is 4.64. The third-order valence-electron chi connectivity index (χ3n) is 3.42. The van der Waals surface area contributed by atoms with Gasteiger partial charge in [0.2, 0.25) is 5.95 Å². The molecule has 1 aromatic heterocycles. The number of aromatic amines is 1. The van der Waals surface area contributed by atoms with Crippen molar-refractivity contribution in [3.63, 3.8) is 0 Å². The molecule has 0 spiro atoms. The van der Waals surface area contributed by atoms with Gasteiger partial charge in [-0.05, 0) is 17.8 Å². The molecular formula is C14H27N5. The van der Waals surface area contributed by atoms with Crippen molar-refractivity contribution in [2.24, 2.45) is 11.3 Å². The van der Waals surface area contributed by atoms with Gasteiger partial charge in [-0.1, -0.05) is 27.7 Å². The second-order valence-corrected chi connectivity index (χ2v) is 6.89. The topological polar surface area (TPSA) is 56.8 Å². The first-order chi connectivity index (χ1) is 8.94. The van der Waals surface area contributed by atoms with E-state index in [-0.39, 0.29) is 0 Å². The maximum atomic E-state index is 4.64. The first kappa shape index (κ1) is 14.3. The number of nitrogens with one attached hydrogen (secondary N) is 2. The zero-order valence-corrected chi connectivity index (χ0v) is 12.7. The van der Waals surface area contributed by atoms with Crippen LogP contribution in [0.4, 0.5) is 5.95 Å². The number of hydrogen-bond donors (Lipinski definition) is 2. The Morgan fingerprint density at radius 3 is 2.58 bits per heavy atom. The van der Waals surface area contributed by atoms with Crippen LogP contribution < -0.4 is 10.2 Å². The van der Waals surface area contributed by atoms with Crippen LogP contribution in [-0.2, 0) is 6.42 Å². The van der Waals surface area contributed by atoms with E-state index in [4.69, 9.17) is 0 Å². The van der Waals surface area contributed by atoms with E-state index in [1.165, 1.54) is 6.42 Å². The Morgan fingerprint density at radius 1 is 1.26 bits per heavy atom. The summed E-state index contributed by atoms with van der Waals surface area (Å²) in [5, 5.41) is 10.8. The summed E-state index contributed by atoms with van der Waals surface area (Å²) in [7, 11) is 0. The zero-order chi connectivity index (χ0) is 13.9. The molecular weight excluding hydrogens is 238 g/mol. The third-order valence-corrected chi connectivity index (χ3v) is 3.42. The summed E-state index contributed by atoms with van der Waals surface area (Å²) in [6.07, 6.45) is 2.19. The van der Waals surface area contributed by atoms with E-state index in [9.17, 15) is 0 Å². The molecule has 1 aliphatic rings. The monoisotopic (exact) mass is 265 g/mol. The molecule has 1 aliphatic heterocycles. The van der Waals surface area contributed by atoms with Gasteiger partial charge in [-0.15, -0.1) is 5.10 Å². The second kappa shape index (κ2) is 5.90. The number of rotatable bonds is 4. The minimum Gasteiger partial charge on any atom is -0.337 e. The lowest BCUT2D eigenvalue weighted by Crippen LogP contribution is -2.44. The lowest BCUT2D eigenvalue weighted by Gasteiger charge is -2.25. The minimum atomic E-state index is 0.376. The van der Waals surface area contributed by atoms with Crippen molar-refractivity contribution in [1.29, 1.82) is 0 Å². The first-order valence-corrected chi connectivity index (χ1v) is 7.31. The van der Waals surface area contributed by atoms with Crippen molar-refractivity contribution >= 4 is 5.95 Å². The van der Waals surface area contributed by atoms with Gasteiger partial charge in [-0.25, -0.2) is 0 Å². The van der Waals surface area contributed by atoms with E-state index >= 15 is 0 Å². The zero-order valence-electron chi connectivity index (χ0n) is 12.7. The highest BCUT2D eigenvalue weighted by Gasteiger charge is 2.19. The molecule has 5 heteroatoms. The molecule has 0 radical (unpaired) electrons. The minimum absolute atomic E-state index is 0.376. The van der Waals surface area contributed by atoms with Crippen LogP contribution in [0.5, 0.6) is 0 Å². The lowest BCUT2D eigenvalue weighted by molar-refractivity contribution is 0.304. The Bertz CT molecular complexity index is 387. The molecule has 1 saturated heterocycles. The van der Waals surface area contributed by atoms with Crippen LogP contribution in [0.25, 0.3) is 0 Å². The summed E-state index contributed by atoms with van der Waals surface area (Å²) >= 11 is 0. The molecule has 0 aromatic carbocycles. The van der Waals surface area contributed by atoms with Crippen LogP contribution in [0.3, 0.4) is 0 Å². The summed E-state index contributed by atoms with van der Waals surface area (Å²) in [5.74, 6) is 2.51.